The molecule has 6 heteroatoms. The van der Waals surface area contributed by atoms with Gasteiger partial charge in [-0.15, -0.1) is 0 Å². The number of aromatic nitrogens is 2. The molecule has 0 radical (unpaired) electrons. The molecule has 2 N–H and O–H groups in total. The van der Waals surface area contributed by atoms with Gasteiger partial charge in [0.2, 0.25) is 5.95 Å². The molecule has 0 bridgehead atoms. The molecule has 0 aliphatic carbocycles. The third kappa shape index (κ3) is 1.59. The van der Waals surface area contributed by atoms with E-state index >= 15 is 0 Å². The largest absolute Gasteiger partial charge is 0.506 e. The number of aromatic hydroxyl groups is 1. The average Bonchev–Trinajstić information content (AvgIpc) is 2.20. The van der Waals surface area contributed by atoms with Crippen LogP contribution in [0.2, 0.25) is 0 Å². The number of nitrogens with zero attached hydrogens (tertiary/aromatic N) is 3. The van der Waals surface area contributed by atoms with Gasteiger partial charge in [0.1, 0.15) is 17.1 Å². The molecule has 0 fully saturated rings. The fourth-order valence-electron chi connectivity index (χ4n) is 1.43. The van der Waals surface area contributed by atoms with E-state index < -0.39 is 5.82 Å². The van der Waals surface area contributed by atoms with Crippen molar-refractivity contribution in [1.29, 1.82) is 5.26 Å². The van der Waals surface area contributed by atoms with E-state index in [0.29, 0.717) is 11.1 Å². The molecule has 16 heavy (non-hydrogen) atoms. The van der Waals surface area contributed by atoms with Crippen LogP contribution in [0.15, 0.2) is 12.1 Å². The van der Waals surface area contributed by atoms with E-state index in [1.165, 1.54) is 6.07 Å². The maximum absolute atomic E-state index is 13.0. The molecule has 1 aromatic heterocycles. The summed E-state index contributed by atoms with van der Waals surface area (Å²) in [6.45, 7) is 1.64. The highest BCUT2D eigenvalue weighted by Gasteiger charge is 2.09. The van der Waals surface area contributed by atoms with Crippen molar-refractivity contribution < 1.29 is 9.50 Å². The summed E-state index contributed by atoms with van der Waals surface area (Å²) in [6.07, 6.45) is 1.68. The van der Waals surface area contributed by atoms with Crippen LogP contribution in [0.3, 0.4) is 0 Å². The molecule has 1 heterocycles. The molecule has 0 aliphatic heterocycles. The number of fused-ring (bicyclic) bond motifs is 1. The second kappa shape index (κ2) is 3.62. The molecule has 0 spiro atoms. The Labute approximate surface area is 90.2 Å². The van der Waals surface area contributed by atoms with Crippen molar-refractivity contribution in [2.24, 2.45) is 0 Å². The van der Waals surface area contributed by atoms with E-state index in [-0.39, 0.29) is 17.2 Å². The predicted molar refractivity (Wildman–Crippen MR) is 55.1 cm³/mol. The quantitative estimate of drug-likeness (QED) is 0.562. The van der Waals surface area contributed by atoms with Crippen LogP contribution in [0.25, 0.3) is 10.9 Å². The lowest BCUT2D eigenvalue weighted by molar-refractivity contribution is 0.474. The van der Waals surface area contributed by atoms with Gasteiger partial charge in [0.15, 0.2) is 6.19 Å². The first-order valence-corrected chi connectivity index (χ1v) is 4.44. The Morgan fingerprint density at radius 3 is 2.88 bits per heavy atom. The Balaban J connectivity index is 2.77. The number of anilines is 1. The maximum Gasteiger partial charge on any atom is 0.237 e. The highest BCUT2D eigenvalue weighted by molar-refractivity contribution is 5.87. The van der Waals surface area contributed by atoms with Gasteiger partial charge in [-0.2, -0.15) is 5.26 Å². The van der Waals surface area contributed by atoms with Gasteiger partial charge in [-0.3, -0.25) is 5.32 Å². The minimum atomic E-state index is -0.558. The minimum absolute atomic E-state index is 0.0782. The molecular weight excluding hydrogens is 211 g/mol. The number of hydrogen-bond donors (Lipinski definition) is 2. The van der Waals surface area contributed by atoms with Gasteiger partial charge in [0.25, 0.3) is 0 Å². The van der Waals surface area contributed by atoms with Gasteiger partial charge in [0.05, 0.1) is 5.69 Å². The van der Waals surface area contributed by atoms with E-state index in [0.717, 1.165) is 6.07 Å². The molecule has 2 rings (SSSR count). The smallest absolute Gasteiger partial charge is 0.237 e. The number of rotatable bonds is 1. The lowest BCUT2D eigenvalue weighted by Gasteiger charge is -2.05. The maximum atomic E-state index is 13.0. The fourth-order valence-corrected chi connectivity index (χ4v) is 1.43. The monoisotopic (exact) mass is 218 g/mol. The molecule has 0 saturated heterocycles. The summed E-state index contributed by atoms with van der Waals surface area (Å²) in [5.74, 6) is -0.756. The Morgan fingerprint density at radius 1 is 1.44 bits per heavy atom. The first-order chi connectivity index (χ1) is 7.61. The minimum Gasteiger partial charge on any atom is -0.506 e. The van der Waals surface area contributed by atoms with Crippen LogP contribution in [0.4, 0.5) is 10.3 Å². The topological polar surface area (TPSA) is 81.8 Å². The van der Waals surface area contributed by atoms with Crippen molar-refractivity contribution in [2.45, 2.75) is 6.92 Å². The summed E-state index contributed by atoms with van der Waals surface area (Å²) in [7, 11) is 0. The highest BCUT2D eigenvalue weighted by atomic mass is 19.1. The van der Waals surface area contributed by atoms with Crippen LogP contribution in [-0.4, -0.2) is 15.1 Å². The van der Waals surface area contributed by atoms with Gasteiger partial charge in [-0.1, -0.05) is 0 Å². The molecule has 80 valence electrons. The standard InChI is InChI=1S/C10H7FN4O/c1-5-7-2-6(11)3-8(16)9(7)15-10(14-5)13-4-12/h2-3,16H,1H3,(H,13,14,15). The Hall–Kier alpha value is -2.42. The number of phenolic OH excluding ortho intramolecular Hbond substituents is 1. The van der Waals surface area contributed by atoms with Crippen molar-refractivity contribution in [3.63, 3.8) is 0 Å². The normalized spacial score (nSPS) is 10.1. The van der Waals surface area contributed by atoms with Crippen molar-refractivity contribution in [1.82, 2.24) is 9.97 Å². The van der Waals surface area contributed by atoms with Crippen LogP contribution in [0.1, 0.15) is 5.69 Å². The summed E-state index contributed by atoms with van der Waals surface area (Å²) >= 11 is 0. The van der Waals surface area contributed by atoms with Crippen molar-refractivity contribution in [2.75, 3.05) is 5.32 Å². The summed E-state index contributed by atoms with van der Waals surface area (Å²) in [5, 5.41) is 20.6. The van der Waals surface area contributed by atoms with Crippen LogP contribution in [0.5, 0.6) is 5.75 Å². The molecule has 2 aromatic rings. The van der Waals surface area contributed by atoms with E-state index in [4.69, 9.17) is 5.26 Å². The third-order valence-corrected chi connectivity index (χ3v) is 2.10. The zero-order valence-corrected chi connectivity index (χ0v) is 8.32. The van der Waals surface area contributed by atoms with Gasteiger partial charge < -0.3 is 5.11 Å². The lowest BCUT2D eigenvalue weighted by Crippen LogP contribution is -1.99. The molecule has 0 unspecified atom stereocenters. The SMILES string of the molecule is Cc1nc(NC#N)nc2c(O)cc(F)cc12. The van der Waals surface area contributed by atoms with Gasteiger partial charge in [-0.25, -0.2) is 14.4 Å². The first kappa shape index (κ1) is 10.1. The number of nitrogens with one attached hydrogen (secondary N) is 1. The molecule has 0 amide bonds. The van der Waals surface area contributed by atoms with Gasteiger partial charge in [0, 0.05) is 11.5 Å². The van der Waals surface area contributed by atoms with E-state index in [2.05, 4.69) is 15.3 Å². The Morgan fingerprint density at radius 2 is 2.19 bits per heavy atom. The summed E-state index contributed by atoms with van der Waals surface area (Å²) in [6, 6.07) is 2.20. The van der Waals surface area contributed by atoms with Crippen molar-refractivity contribution >= 4 is 16.9 Å². The van der Waals surface area contributed by atoms with Crippen LogP contribution in [-0.2, 0) is 0 Å². The molecule has 5 nitrogen and oxygen atoms in total. The van der Waals surface area contributed by atoms with Gasteiger partial charge >= 0.3 is 0 Å². The molecule has 0 atom stereocenters. The number of hydrogen-bond acceptors (Lipinski definition) is 5. The third-order valence-electron chi connectivity index (χ3n) is 2.10. The number of nitriles is 1. The number of phenols is 1. The Kier molecular flexibility index (Phi) is 2.29. The molecule has 1 aromatic carbocycles. The van der Waals surface area contributed by atoms with Crippen LogP contribution < -0.4 is 5.32 Å². The highest BCUT2D eigenvalue weighted by Crippen LogP contribution is 2.26. The van der Waals surface area contributed by atoms with E-state index in [9.17, 15) is 9.50 Å². The predicted octanol–water partition coefficient (Wildman–Crippen LogP) is 1.68. The average molecular weight is 218 g/mol. The fraction of sp³-hybridized carbons (Fsp3) is 0.100. The van der Waals surface area contributed by atoms with E-state index in [1.54, 1.807) is 13.1 Å². The van der Waals surface area contributed by atoms with Crippen molar-refractivity contribution in [3.05, 3.63) is 23.6 Å². The van der Waals surface area contributed by atoms with E-state index in [1.807, 2.05) is 0 Å². The number of halogens is 1. The lowest BCUT2D eigenvalue weighted by atomic mass is 10.2. The van der Waals surface area contributed by atoms with Crippen molar-refractivity contribution in [3.8, 4) is 11.9 Å². The van der Waals surface area contributed by atoms with Crippen LogP contribution >= 0.6 is 0 Å². The second-order valence-electron chi connectivity index (χ2n) is 3.19. The zero-order chi connectivity index (χ0) is 11.7. The summed E-state index contributed by atoms with van der Waals surface area (Å²) in [4.78, 5) is 7.86. The molecular formula is C10H7FN4O. The second-order valence-corrected chi connectivity index (χ2v) is 3.19. The first-order valence-electron chi connectivity index (χ1n) is 4.44. The number of benzene rings is 1. The van der Waals surface area contributed by atoms with Crippen LogP contribution in [0, 0.1) is 24.2 Å². The summed E-state index contributed by atoms with van der Waals surface area (Å²) in [5.41, 5.74) is 0.698. The zero-order valence-electron chi connectivity index (χ0n) is 8.32. The summed E-state index contributed by atoms with van der Waals surface area (Å²) < 4.78 is 13.0. The van der Waals surface area contributed by atoms with Gasteiger partial charge in [-0.05, 0) is 13.0 Å². The molecule has 0 saturated carbocycles. The Bertz CT molecular complexity index is 606. The number of aryl methyl sites for hydroxylation is 1. The molecule has 0 aliphatic rings.